The summed E-state index contributed by atoms with van der Waals surface area (Å²) < 4.78 is 66.3. The first-order chi connectivity index (χ1) is 13.5. The van der Waals surface area contributed by atoms with E-state index in [2.05, 4.69) is 9.97 Å². The number of hydrogen-bond donors (Lipinski definition) is 1. The van der Waals surface area contributed by atoms with Gasteiger partial charge in [-0.2, -0.15) is 13.2 Å². The fourth-order valence-corrected chi connectivity index (χ4v) is 4.08. The quantitative estimate of drug-likeness (QED) is 0.546. The predicted molar refractivity (Wildman–Crippen MR) is 96.3 cm³/mol. The van der Waals surface area contributed by atoms with E-state index < -0.39 is 32.3 Å². The number of nitrogens with one attached hydrogen (secondary N) is 1. The number of nitro groups is 1. The van der Waals surface area contributed by atoms with Crippen LogP contribution in [-0.4, -0.2) is 66.0 Å². The van der Waals surface area contributed by atoms with Crippen LogP contribution in [0.5, 0.6) is 5.75 Å². The van der Waals surface area contributed by atoms with Gasteiger partial charge in [0.25, 0.3) is 0 Å². The average molecular weight is 434 g/mol. The summed E-state index contributed by atoms with van der Waals surface area (Å²) in [5.74, 6) is -0.0667. The molecule has 2 heterocycles. The maximum absolute atomic E-state index is 12.7. The predicted octanol–water partition coefficient (Wildman–Crippen LogP) is 2.11. The zero-order chi connectivity index (χ0) is 21.2. The van der Waals surface area contributed by atoms with Gasteiger partial charge in [0.2, 0.25) is 0 Å². The Hall–Kier alpha value is -2.67. The Balaban J connectivity index is 1.68. The number of rotatable bonds is 6. The van der Waals surface area contributed by atoms with Crippen LogP contribution in [0.2, 0.25) is 0 Å². The van der Waals surface area contributed by atoms with Gasteiger partial charge in [0.05, 0.1) is 22.6 Å². The van der Waals surface area contributed by atoms with Crippen molar-refractivity contribution >= 4 is 15.5 Å². The molecule has 1 aliphatic rings. The van der Waals surface area contributed by atoms with Crippen molar-refractivity contribution < 1.29 is 31.2 Å². The third-order valence-electron chi connectivity index (χ3n) is 4.41. The first-order valence-corrected chi connectivity index (χ1v) is 10.3. The Labute approximate surface area is 163 Å². The summed E-state index contributed by atoms with van der Waals surface area (Å²) in [6, 6.07) is 3.75. The van der Waals surface area contributed by atoms with Gasteiger partial charge in [-0.25, -0.2) is 13.4 Å². The second-order valence-corrected chi connectivity index (χ2v) is 8.73. The van der Waals surface area contributed by atoms with Crippen LogP contribution in [0, 0.1) is 10.1 Å². The molecule has 0 atom stereocenters. The molecule has 0 saturated carbocycles. The molecule has 0 spiro atoms. The molecule has 3 rings (SSSR count). The largest absolute Gasteiger partial charge is 0.485 e. The highest BCUT2D eigenvalue weighted by Crippen LogP contribution is 2.33. The molecule has 0 radical (unpaired) electrons. The van der Waals surface area contributed by atoms with Gasteiger partial charge in [-0.3, -0.25) is 15.0 Å². The number of nitro benzene ring substituents is 1. The summed E-state index contributed by atoms with van der Waals surface area (Å²) in [5, 5.41) is 11.3. The number of H-pyrrole nitrogens is 1. The number of hydrogen-bond acceptors (Lipinski definition) is 7. The zero-order valence-electron chi connectivity index (χ0n) is 15.0. The topological polar surface area (TPSA) is 118 Å². The average Bonchev–Trinajstić information content (AvgIpc) is 3.14. The van der Waals surface area contributed by atoms with Gasteiger partial charge in [-0.1, -0.05) is 0 Å². The maximum Gasteiger partial charge on any atom is 0.432 e. The molecule has 0 amide bonds. The van der Waals surface area contributed by atoms with E-state index in [9.17, 15) is 31.7 Å². The lowest BCUT2D eigenvalue weighted by atomic mass is 10.2. The van der Waals surface area contributed by atoms with Crippen LogP contribution in [0.4, 0.5) is 18.9 Å². The van der Waals surface area contributed by atoms with Crippen LogP contribution in [0.1, 0.15) is 5.69 Å². The molecule has 1 aromatic carbocycles. The molecular weight excluding hydrogens is 417 g/mol. The van der Waals surface area contributed by atoms with Crippen molar-refractivity contribution in [1.29, 1.82) is 0 Å². The maximum atomic E-state index is 12.7. The number of benzene rings is 1. The Morgan fingerprint density at radius 2 is 1.97 bits per heavy atom. The normalized spacial score (nSPS) is 17.2. The lowest BCUT2D eigenvalue weighted by Gasteiger charge is -2.26. The standard InChI is InChI=1S/C16H17F3N4O5S/c17-16(18,19)14-10-20-15(21-14)11-1-2-13(12(9-11)23(24)25)28-6-3-22-4-7-29(26,27)8-5-22/h1-2,9-10H,3-8H2,(H,20,21). The molecule has 29 heavy (non-hydrogen) atoms. The van der Waals surface area contributed by atoms with Crippen molar-refractivity contribution in [3.8, 4) is 17.1 Å². The third kappa shape index (κ3) is 5.23. The van der Waals surface area contributed by atoms with Crippen LogP contribution >= 0.6 is 0 Å². The van der Waals surface area contributed by atoms with E-state index in [1.165, 1.54) is 12.1 Å². The van der Waals surface area contributed by atoms with Gasteiger partial charge >= 0.3 is 11.9 Å². The molecule has 0 unspecified atom stereocenters. The molecular formula is C16H17F3N4O5S. The van der Waals surface area contributed by atoms with Crippen molar-refractivity contribution in [3.05, 3.63) is 40.2 Å². The minimum atomic E-state index is -4.60. The summed E-state index contributed by atoms with van der Waals surface area (Å²) in [4.78, 5) is 18.2. The number of halogens is 3. The molecule has 1 aliphatic heterocycles. The summed E-state index contributed by atoms with van der Waals surface area (Å²) in [5.41, 5.74) is -1.35. The van der Waals surface area contributed by atoms with Gasteiger partial charge in [0.1, 0.15) is 18.1 Å². The lowest BCUT2D eigenvalue weighted by Crippen LogP contribution is -2.42. The van der Waals surface area contributed by atoms with E-state index in [4.69, 9.17) is 4.74 Å². The van der Waals surface area contributed by atoms with Gasteiger partial charge in [0.15, 0.2) is 15.6 Å². The van der Waals surface area contributed by atoms with E-state index >= 15 is 0 Å². The number of aromatic amines is 1. The summed E-state index contributed by atoms with van der Waals surface area (Å²) >= 11 is 0. The molecule has 13 heteroatoms. The highest BCUT2D eigenvalue weighted by atomic mass is 32.2. The Morgan fingerprint density at radius 3 is 2.55 bits per heavy atom. The number of imidazole rings is 1. The molecule has 1 aromatic heterocycles. The first-order valence-electron chi connectivity index (χ1n) is 8.52. The van der Waals surface area contributed by atoms with Gasteiger partial charge in [0, 0.05) is 31.3 Å². The number of sulfone groups is 1. The number of aromatic nitrogens is 2. The number of nitrogens with zero attached hydrogens (tertiary/aromatic N) is 3. The Morgan fingerprint density at radius 1 is 1.28 bits per heavy atom. The summed E-state index contributed by atoms with van der Waals surface area (Å²) in [7, 11) is -3.00. The van der Waals surface area contributed by atoms with E-state index in [1.54, 1.807) is 0 Å². The molecule has 0 bridgehead atoms. The smallest absolute Gasteiger partial charge is 0.432 e. The fourth-order valence-electron chi connectivity index (χ4n) is 2.80. The van der Waals surface area contributed by atoms with E-state index in [1.807, 2.05) is 4.90 Å². The molecule has 1 fully saturated rings. The SMILES string of the molecule is O=[N+]([O-])c1cc(-c2ncc(C(F)(F)F)[nH]2)ccc1OCCN1CCS(=O)(=O)CC1. The van der Waals surface area contributed by atoms with Crippen molar-refractivity contribution in [1.82, 2.24) is 14.9 Å². The highest BCUT2D eigenvalue weighted by Gasteiger charge is 2.33. The minimum Gasteiger partial charge on any atom is -0.485 e. The molecule has 1 N–H and O–H groups in total. The fraction of sp³-hybridized carbons (Fsp3) is 0.438. The van der Waals surface area contributed by atoms with Crippen LogP contribution in [0.25, 0.3) is 11.4 Å². The Bertz CT molecular complexity index is 992. The lowest BCUT2D eigenvalue weighted by molar-refractivity contribution is -0.385. The van der Waals surface area contributed by atoms with Crippen LogP contribution in [0.15, 0.2) is 24.4 Å². The number of ether oxygens (including phenoxy) is 1. The van der Waals surface area contributed by atoms with Gasteiger partial charge in [-0.05, 0) is 12.1 Å². The van der Waals surface area contributed by atoms with Crippen molar-refractivity contribution in [2.45, 2.75) is 6.18 Å². The Kier molecular flexibility index (Phi) is 5.80. The third-order valence-corrected chi connectivity index (χ3v) is 6.02. The van der Waals surface area contributed by atoms with Crippen molar-refractivity contribution in [2.75, 3.05) is 37.7 Å². The molecule has 9 nitrogen and oxygen atoms in total. The van der Waals surface area contributed by atoms with Gasteiger partial charge in [-0.15, -0.1) is 0 Å². The molecule has 0 aliphatic carbocycles. The van der Waals surface area contributed by atoms with E-state index in [-0.39, 0.29) is 35.2 Å². The van der Waals surface area contributed by atoms with E-state index in [0.29, 0.717) is 25.8 Å². The highest BCUT2D eigenvalue weighted by molar-refractivity contribution is 7.91. The molecule has 1 saturated heterocycles. The molecule has 2 aromatic rings. The monoisotopic (exact) mass is 434 g/mol. The second-order valence-electron chi connectivity index (χ2n) is 6.42. The van der Waals surface area contributed by atoms with Crippen LogP contribution in [-0.2, 0) is 16.0 Å². The summed E-state index contributed by atoms with van der Waals surface area (Å²) in [6.07, 6.45) is -3.99. The minimum absolute atomic E-state index is 0.0361. The van der Waals surface area contributed by atoms with Crippen molar-refractivity contribution in [2.24, 2.45) is 0 Å². The second kappa shape index (κ2) is 7.99. The number of alkyl halides is 3. The van der Waals surface area contributed by atoms with Crippen LogP contribution in [0.3, 0.4) is 0 Å². The molecule has 158 valence electrons. The van der Waals surface area contributed by atoms with Crippen molar-refractivity contribution in [3.63, 3.8) is 0 Å². The van der Waals surface area contributed by atoms with Crippen LogP contribution < -0.4 is 4.74 Å². The van der Waals surface area contributed by atoms with E-state index in [0.717, 1.165) is 6.07 Å². The zero-order valence-corrected chi connectivity index (χ0v) is 15.8. The van der Waals surface area contributed by atoms with Gasteiger partial charge < -0.3 is 9.72 Å². The summed E-state index contributed by atoms with van der Waals surface area (Å²) in [6.45, 7) is 1.22. The first kappa shape index (κ1) is 21.0.